The molecule has 2 bridgehead atoms. The monoisotopic (exact) mass is 532 g/mol. The Bertz CT molecular complexity index is 1440. The van der Waals surface area contributed by atoms with E-state index in [2.05, 4.69) is 10.6 Å². The van der Waals surface area contributed by atoms with Crippen LogP contribution in [0.5, 0.6) is 0 Å². The topological polar surface area (TPSA) is 108 Å². The third-order valence-corrected chi connectivity index (χ3v) is 8.68. The second-order valence-corrected chi connectivity index (χ2v) is 11.7. The molecule has 12 heteroatoms. The van der Waals surface area contributed by atoms with E-state index in [0.717, 1.165) is 23.0 Å². The average molecular weight is 533 g/mol. The molecule has 1 amide bonds. The van der Waals surface area contributed by atoms with Crippen LogP contribution in [0.4, 0.5) is 10.2 Å². The van der Waals surface area contributed by atoms with Gasteiger partial charge in [-0.1, -0.05) is 37.6 Å². The van der Waals surface area contributed by atoms with Crippen molar-refractivity contribution in [3.63, 3.8) is 0 Å². The van der Waals surface area contributed by atoms with Gasteiger partial charge in [0, 0.05) is 25.0 Å². The molecular weight excluding hydrogens is 507 g/mol. The number of carbonyl (C=O) groups is 1. The number of fused-ring (bicyclic) bond motifs is 5. The van der Waals surface area contributed by atoms with Crippen molar-refractivity contribution in [3.05, 3.63) is 59.1 Å². The first-order valence-corrected chi connectivity index (χ1v) is 13.5. The summed E-state index contributed by atoms with van der Waals surface area (Å²) >= 11 is 5.84. The summed E-state index contributed by atoms with van der Waals surface area (Å²) < 4.78 is 41.6. The number of nitrogens with one attached hydrogen (secondary N) is 2. The van der Waals surface area contributed by atoms with E-state index in [1.807, 2.05) is 43.0 Å². The van der Waals surface area contributed by atoms with Crippen molar-refractivity contribution >= 4 is 44.3 Å². The fourth-order valence-electron chi connectivity index (χ4n) is 4.55. The number of benzene rings is 2. The van der Waals surface area contributed by atoms with Gasteiger partial charge in [-0.05, 0) is 36.2 Å². The Morgan fingerprint density at radius 2 is 1.89 bits per heavy atom. The van der Waals surface area contributed by atoms with Crippen molar-refractivity contribution in [2.45, 2.75) is 37.5 Å². The molecule has 5 rings (SSSR count). The van der Waals surface area contributed by atoms with Crippen molar-refractivity contribution in [1.82, 2.24) is 24.5 Å². The first-order valence-electron chi connectivity index (χ1n) is 11.7. The number of piperazine rings is 1. The SMILES string of the molecule is CC(C)[C@@H]1Nc2nc(nc3ccccc23)CN2CCN(S(=O)(=O)c3ccc(F)c(Cl)c3)CC2NC1=O. The number of anilines is 1. The zero-order chi connectivity index (χ0) is 25.6. The van der Waals surface area contributed by atoms with E-state index in [1.165, 1.54) is 10.4 Å². The highest BCUT2D eigenvalue weighted by atomic mass is 35.5. The van der Waals surface area contributed by atoms with Crippen molar-refractivity contribution < 1.29 is 17.6 Å². The Kier molecular flexibility index (Phi) is 6.58. The smallest absolute Gasteiger partial charge is 0.244 e. The van der Waals surface area contributed by atoms with Crippen molar-refractivity contribution in [2.24, 2.45) is 5.92 Å². The number of rotatable bonds is 3. The van der Waals surface area contributed by atoms with Crippen molar-refractivity contribution in [1.29, 1.82) is 0 Å². The molecule has 1 unspecified atom stereocenters. The number of sulfonamides is 1. The largest absolute Gasteiger partial charge is 0.358 e. The maximum Gasteiger partial charge on any atom is 0.244 e. The second kappa shape index (κ2) is 9.55. The third-order valence-electron chi connectivity index (χ3n) is 6.53. The second-order valence-electron chi connectivity index (χ2n) is 9.31. The van der Waals surface area contributed by atoms with Gasteiger partial charge in [-0.2, -0.15) is 4.31 Å². The molecule has 2 aromatic carbocycles. The first-order chi connectivity index (χ1) is 17.1. The number of halogens is 2. The fraction of sp³-hybridized carbons (Fsp3) is 0.375. The summed E-state index contributed by atoms with van der Waals surface area (Å²) in [5.74, 6) is 0.149. The highest BCUT2D eigenvalue weighted by Gasteiger charge is 2.37. The van der Waals surface area contributed by atoms with Crippen LogP contribution in [0, 0.1) is 11.7 Å². The molecule has 0 radical (unpaired) electrons. The molecule has 1 fully saturated rings. The van der Waals surface area contributed by atoms with E-state index in [0.29, 0.717) is 24.7 Å². The number of carbonyl (C=O) groups excluding carboxylic acids is 1. The summed E-state index contributed by atoms with van der Waals surface area (Å²) in [6.45, 7) is 4.71. The Morgan fingerprint density at radius 1 is 1.11 bits per heavy atom. The maximum absolute atomic E-state index is 13.6. The minimum absolute atomic E-state index is 0.00826. The van der Waals surface area contributed by atoms with Gasteiger partial charge in [0.2, 0.25) is 15.9 Å². The highest BCUT2D eigenvalue weighted by molar-refractivity contribution is 7.89. The lowest BCUT2D eigenvalue weighted by Gasteiger charge is -2.41. The minimum atomic E-state index is -3.96. The minimum Gasteiger partial charge on any atom is -0.358 e. The van der Waals surface area contributed by atoms with Crippen LogP contribution in [0.1, 0.15) is 19.7 Å². The van der Waals surface area contributed by atoms with E-state index in [9.17, 15) is 17.6 Å². The molecule has 2 aliphatic heterocycles. The quantitative estimate of drug-likeness (QED) is 0.534. The van der Waals surface area contributed by atoms with Crippen LogP contribution in [0.2, 0.25) is 5.02 Å². The van der Waals surface area contributed by atoms with Crippen LogP contribution in [0.15, 0.2) is 47.4 Å². The van der Waals surface area contributed by atoms with Crippen LogP contribution in [0.25, 0.3) is 10.9 Å². The summed E-state index contributed by atoms with van der Waals surface area (Å²) in [5, 5.41) is 6.88. The molecule has 0 saturated carbocycles. The van der Waals surface area contributed by atoms with Gasteiger partial charge in [-0.3, -0.25) is 9.69 Å². The molecule has 3 aromatic rings. The van der Waals surface area contributed by atoms with Crippen LogP contribution in [0.3, 0.4) is 0 Å². The van der Waals surface area contributed by atoms with E-state index in [-0.39, 0.29) is 34.8 Å². The molecule has 1 aromatic heterocycles. The molecule has 36 heavy (non-hydrogen) atoms. The number of hydrogen-bond donors (Lipinski definition) is 2. The fourth-order valence-corrected chi connectivity index (χ4v) is 6.26. The van der Waals surface area contributed by atoms with Gasteiger partial charge < -0.3 is 10.6 Å². The van der Waals surface area contributed by atoms with E-state index in [4.69, 9.17) is 21.6 Å². The molecule has 1 saturated heterocycles. The lowest BCUT2D eigenvalue weighted by molar-refractivity contribution is -0.125. The van der Waals surface area contributed by atoms with Crippen molar-refractivity contribution in [2.75, 3.05) is 25.0 Å². The van der Waals surface area contributed by atoms with E-state index < -0.39 is 28.0 Å². The Hall–Kier alpha value is -2.86. The molecule has 2 aliphatic rings. The Morgan fingerprint density at radius 3 is 2.64 bits per heavy atom. The van der Waals surface area contributed by atoms with Crippen LogP contribution in [-0.2, 0) is 21.4 Å². The molecule has 0 spiro atoms. The number of amides is 1. The Labute approximate surface area is 213 Å². The van der Waals surface area contributed by atoms with Crippen molar-refractivity contribution in [3.8, 4) is 0 Å². The number of aromatic nitrogens is 2. The van der Waals surface area contributed by atoms with Crippen LogP contribution < -0.4 is 10.6 Å². The van der Waals surface area contributed by atoms with E-state index in [1.54, 1.807) is 0 Å². The van der Waals surface area contributed by atoms with Gasteiger partial charge >= 0.3 is 0 Å². The molecule has 9 nitrogen and oxygen atoms in total. The molecule has 190 valence electrons. The molecule has 2 atom stereocenters. The molecule has 0 aliphatic carbocycles. The molecule has 3 heterocycles. The maximum atomic E-state index is 13.6. The van der Waals surface area contributed by atoms with Crippen LogP contribution >= 0.6 is 11.6 Å². The van der Waals surface area contributed by atoms with Gasteiger partial charge in [0.1, 0.15) is 23.5 Å². The highest BCUT2D eigenvalue weighted by Crippen LogP contribution is 2.27. The number of para-hydroxylation sites is 1. The van der Waals surface area contributed by atoms with Gasteiger partial charge in [-0.25, -0.2) is 22.8 Å². The molecular formula is C24H26ClFN6O3S. The lowest BCUT2D eigenvalue weighted by atomic mass is 10.0. The predicted molar refractivity (Wildman–Crippen MR) is 134 cm³/mol. The summed E-state index contributed by atoms with van der Waals surface area (Å²) in [4.78, 5) is 24.7. The first kappa shape index (κ1) is 24.8. The van der Waals surface area contributed by atoms with Gasteiger partial charge in [0.05, 0.1) is 28.1 Å². The number of hydrogen-bond acceptors (Lipinski definition) is 7. The standard InChI is InChI=1S/C24H26ClFN6O3S/c1-14(2)22-24(33)29-21-13-32(36(34,35)15-7-8-18(26)17(25)11-15)10-9-31(21)12-20-27-19-6-4-3-5-16(19)23(28-20)30-22/h3-8,11,14,21-22H,9-10,12-13H2,1-2H3,(H,29,33)(H,27,28,30)/t21?,22-/m0/s1. The Balaban J connectivity index is 1.50. The van der Waals surface area contributed by atoms with E-state index >= 15 is 0 Å². The molecule has 2 N–H and O–H groups in total. The summed E-state index contributed by atoms with van der Waals surface area (Å²) in [6.07, 6.45) is -0.614. The number of nitrogens with zero attached hydrogens (tertiary/aromatic N) is 4. The summed E-state index contributed by atoms with van der Waals surface area (Å²) in [7, 11) is -3.96. The zero-order valence-electron chi connectivity index (χ0n) is 19.8. The van der Waals surface area contributed by atoms with Crippen LogP contribution in [-0.4, -0.2) is 65.3 Å². The van der Waals surface area contributed by atoms with Gasteiger partial charge in [0.15, 0.2) is 0 Å². The normalized spacial score (nSPS) is 21.6. The average Bonchev–Trinajstić information content (AvgIpc) is 2.84. The summed E-state index contributed by atoms with van der Waals surface area (Å²) in [6, 6.07) is 10.3. The summed E-state index contributed by atoms with van der Waals surface area (Å²) in [5.41, 5.74) is 0.763. The zero-order valence-corrected chi connectivity index (χ0v) is 21.4. The third kappa shape index (κ3) is 4.63. The van der Waals surface area contributed by atoms with Gasteiger partial charge in [0.25, 0.3) is 0 Å². The predicted octanol–water partition coefficient (Wildman–Crippen LogP) is 2.82. The lowest BCUT2D eigenvalue weighted by Crippen LogP contribution is -2.62. The van der Waals surface area contributed by atoms with Gasteiger partial charge in [-0.15, -0.1) is 0 Å².